The van der Waals surface area contributed by atoms with Gasteiger partial charge in [-0.15, -0.1) is 11.3 Å². The molecule has 0 bridgehead atoms. The van der Waals surface area contributed by atoms with Crippen LogP contribution in [0.2, 0.25) is 0 Å². The number of rotatable bonds is 5. The molecule has 2 aromatic heterocycles. The zero-order chi connectivity index (χ0) is 18.8. The smallest absolute Gasteiger partial charge is 0.174 e. The summed E-state index contributed by atoms with van der Waals surface area (Å²) in [4.78, 5) is 7.96. The summed E-state index contributed by atoms with van der Waals surface area (Å²) in [7, 11) is 0. The number of benzene rings is 1. The van der Waals surface area contributed by atoms with E-state index in [0.29, 0.717) is 11.7 Å². The van der Waals surface area contributed by atoms with E-state index in [0.717, 1.165) is 20.9 Å². The highest BCUT2D eigenvalue weighted by Gasteiger charge is 2.41. The Morgan fingerprint density at radius 2 is 2.00 bits per heavy atom. The largest absolute Gasteiger partial charge is 0.494 e. The minimum atomic E-state index is -0.0178. The molecule has 1 aromatic carbocycles. The topological polar surface area (TPSA) is 37.4 Å². The summed E-state index contributed by atoms with van der Waals surface area (Å²) in [5.41, 5.74) is 2.01. The summed E-state index contributed by atoms with van der Waals surface area (Å²) in [6.07, 6.45) is 1.82. The first kappa shape index (κ1) is 18.4. The maximum absolute atomic E-state index is 5.72. The van der Waals surface area contributed by atoms with E-state index >= 15 is 0 Å². The van der Waals surface area contributed by atoms with E-state index in [1.807, 2.05) is 43.5 Å². The number of anilines is 1. The lowest BCUT2D eigenvalue weighted by atomic mass is 10.0. The fourth-order valence-corrected chi connectivity index (χ4v) is 5.18. The molecule has 4 rings (SSSR count). The van der Waals surface area contributed by atoms with Gasteiger partial charge in [0.1, 0.15) is 5.75 Å². The van der Waals surface area contributed by atoms with Crippen molar-refractivity contribution in [1.29, 1.82) is 0 Å². The molecule has 0 radical (unpaired) electrons. The Hall–Kier alpha value is -1.96. The Balaban J connectivity index is 1.75. The van der Waals surface area contributed by atoms with Crippen LogP contribution in [-0.4, -0.2) is 16.7 Å². The number of halogens is 1. The molecule has 1 aliphatic rings. The third-order valence-electron chi connectivity index (χ3n) is 4.41. The predicted molar refractivity (Wildman–Crippen MR) is 118 cm³/mol. The number of ether oxygens (including phenoxy) is 1. The van der Waals surface area contributed by atoms with Gasteiger partial charge in [0.2, 0.25) is 0 Å². The second-order valence-corrected chi connectivity index (χ2v) is 8.95. The van der Waals surface area contributed by atoms with E-state index in [4.69, 9.17) is 17.0 Å². The molecule has 1 N–H and O–H groups in total. The molecule has 0 saturated carbocycles. The summed E-state index contributed by atoms with van der Waals surface area (Å²) >= 11 is 11.0. The summed E-state index contributed by atoms with van der Waals surface area (Å²) in [5, 5.41) is 4.17. The van der Waals surface area contributed by atoms with Crippen molar-refractivity contribution in [2.45, 2.75) is 19.0 Å². The average Bonchev–Trinajstić information content (AvgIpc) is 3.26. The minimum Gasteiger partial charge on any atom is -0.494 e. The third kappa shape index (κ3) is 3.72. The van der Waals surface area contributed by atoms with Crippen LogP contribution in [0, 0.1) is 0 Å². The normalized spacial score (nSPS) is 19.2. The van der Waals surface area contributed by atoms with E-state index in [1.165, 1.54) is 4.88 Å². The molecule has 7 heteroatoms. The first-order valence-corrected chi connectivity index (χ1v) is 10.7. The fraction of sp³-hybridized carbons (Fsp3) is 0.200. The quantitative estimate of drug-likeness (QED) is 0.511. The van der Waals surface area contributed by atoms with Gasteiger partial charge in [-0.05, 0) is 83.6 Å². The molecule has 138 valence electrons. The Bertz CT molecular complexity index is 930. The minimum absolute atomic E-state index is 0.0178. The molecule has 1 saturated heterocycles. The van der Waals surface area contributed by atoms with Crippen molar-refractivity contribution in [3.05, 3.63) is 75.2 Å². The van der Waals surface area contributed by atoms with Crippen LogP contribution in [0.1, 0.15) is 29.6 Å². The number of hydrogen-bond donors (Lipinski definition) is 1. The van der Waals surface area contributed by atoms with Crippen LogP contribution in [0.5, 0.6) is 5.75 Å². The summed E-state index contributed by atoms with van der Waals surface area (Å²) < 4.78 is 6.67. The first-order chi connectivity index (χ1) is 13.2. The highest BCUT2D eigenvalue weighted by Crippen LogP contribution is 2.44. The maximum atomic E-state index is 5.72. The Morgan fingerprint density at radius 3 is 2.63 bits per heavy atom. The van der Waals surface area contributed by atoms with Crippen LogP contribution >= 0.6 is 39.5 Å². The van der Waals surface area contributed by atoms with E-state index in [9.17, 15) is 0 Å². The Labute approximate surface area is 176 Å². The predicted octanol–water partition coefficient (Wildman–Crippen LogP) is 5.48. The zero-order valence-electron chi connectivity index (χ0n) is 14.6. The number of hydrogen-bond acceptors (Lipinski definition) is 4. The molecular formula is C20H18BrN3OS2. The lowest BCUT2D eigenvalue weighted by Crippen LogP contribution is -2.29. The first-order valence-electron chi connectivity index (χ1n) is 8.66. The molecule has 0 spiro atoms. The SMILES string of the molecule is CCOc1ccc(N2C(=S)N[C@@H](c3ccccn3)[C@H]2c2ccc(Br)s2)cc1. The number of thiocarbonyl (C=S) groups is 1. The molecule has 0 unspecified atom stereocenters. The van der Waals surface area contributed by atoms with Crippen molar-refractivity contribution in [3.8, 4) is 5.75 Å². The lowest BCUT2D eigenvalue weighted by molar-refractivity contribution is 0.340. The van der Waals surface area contributed by atoms with Gasteiger partial charge in [-0.2, -0.15) is 0 Å². The Morgan fingerprint density at radius 1 is 1.19 bits per heavy atom. The average molecular weight is 460 g/mol. The van der Waals surface area contributed by atoms with Gasteiger partial charge in [0, 0.05) is 16.8 Å². The van der Waals surface area contributed by atoms with Crippen LogP contribution in [-0.2, 0) is 0 Å². The van der Waals surface area contributed by atoms with Crippen molar-refractivity contribution >= 4 is 50.3 Å². The number of thiophene rings is 1. The van der Waals surface area contributed by atoms with Crippen molar-refractivity contribution in [3.63, 3.8) is 0 Å². The van der Waals surface area contributed by atoms with Gasteiger partial charge in [-0.3, -0.25) is 4.98 Å². The third-order valence-corrected chi connectivity index (χ3v) is 6.42. The summed E-state index contributed by atoms with van der Waals surface area (Å²) in [6.45, 7) is 2.63. The highest BCUT2D eigenvalue weighted by molar-refractivity contribution is 9.11. The molecular weight excluding hydrogens is 442 g/mol. The molecule has 0 amide bonds. The lowest BCUT2D eigenvalue weighted by Gasteiger charge is -2.27. The Kier molecular flexibility index (Phi) is 5.43. The van der Waals surface area contributed by atoms with Gasteiger partial charge in [-0.25, -0.2) is 0 Å². The molecule has 1 fully saturated rings. The number of pyridine rings is 1. The molecule has 2 atom stereocenters. The van der Waals surface area contributed by atoms with E-state index < -0.39 is 0 Å². The van der Waals surface area contributed by atoms with Crippen LogP contribution in [0.4, 0.5) is 5.69 Å². The number of nitrogens with one attached hydrogen (secondary N) is 1. The van der Waals surface area contributed by atoms with Gasteiger partial charge in [-0.1, -0.05) is 6.07 Å². The van der Waals surface area contributed by atoms with Crippen molar-refractivity contribution in [1.82, 2.24) is 10.3 Å². The molecule has 3 aromatic rings. The summed E-state index contributed by atoms with van der Waals surface area (Å²) in [6, 6.07) is 18.3. The molecule has 4 nitrogen and oxygen atoms in total. The van der Waals surface area contributed by atoms with Crippen LogP contribution < -0.4 is 15.0 Å². The number of aromatic nitrogens is 1. The van der Waals surface area contributed by atoms with Gasteiger partial charge in [0.05, 0.1) is 28.2 Å². The highest BCUT2D eigenvalue weighted by atomic mass is 79.9. The van der Waals surface area contributed by atoms with Crippen molar-refractivity contribution in [2.75, 3.05) is 11.5 Å². The van der Waals surface area contributed by atoms with E-state index in [2.05, 4.69) is 55.4 Å². The molecule has 1 aliphatic heterocycles. The van der Waals surface area contributed by atoms with E-state index in [-0.39, 0.29) is 12.1 Å². The van der Waals surface area contributed by atoms with Gasteiger partial charge < -0.3 is 15.0 Å². The zero-order valence-corrected chi connectivity index (χ0v) is 17.9. The maximum Gasteiger partial charge on any atom is 0.174 e. The standard InChI is InChI=1S/C20H18BrN3OS2/c1-2-25-14-8-6-13(7-9-14)24-19(16-10-11-17(21)27-16)18(23-20(24)26)15-5-3-4-12-22-15/h3-12,18-19H,2H2,1H3,(H,23,26)/t18-,19+/m0/s1. The molecule has 0 aliphatic carbocycles. The monoisotopic (exact) mass is 459 g/mol. The second kappa shape index (κ2) is 7.96. The van der Waals surface area contributed by atoms with Crippen LogP contribution in [0.3, 0.4) is 0 Å². The number of nitrogens with zero attached hydrogens (tertiary/aromatic N) is 2. The molecule has 3 heterocycles. The van der Waals surface area contributed by atoms with Gasteiger partial charge >= 0.3 is 0 Å². The van der Waals surface area contributed by atoms with Gasteiger partial charge in [0.15, 0.2) is 5.11 Å². The second-order valence-electron chi connectivity index (χ2n) is 6.07. The van der Waals surface area contributed by atoms with Gasteiger partial charge in [0.25, 0.3) is 0 Å². The van der Waals surface area contributed by atoms with Crippen LogP contribution in [0.15, 0.2) is 64.6 Å². The molecule has 27 heavy (non-hydrogen) atoms. The van der Waals surface area contributed by atoms with Crippen molar-refractivity contribution < 1.29 is 4.74 Å². The van der Waals surface area contributed by atoms with Crippen molar-refractivity contribution in [2.24, 2.45) is 0 Å². The van der Waals surface area contributed by atoms with E-state index in [1.54, 1.807) is 11.3 Å². The fourth-order valence-electron chi connectivity index (χ4n) is 3.28. The summed E-state index contributed by atoms with van der Waals surface area (Å²) in [5.74, 6) is 0.857. The van der Waals surface area contributed by atoms with Crippen LogP contribution in [0.25, 0.3) is 0 Å².